The summed E-state index contributed by atoms with van der Waals surface area (Å²) in [6, 6.07) is 3.80. The minimum atomic E-state index is -0.466. The lowest BCUT2D eigenvalue weighted by Crippen LogP contribution is -2.42. The van der Waals surface area contributed by atoms with E-state index in [1.165, 1.54) is 12.8 Å². The van der Waals surface area contributed by atoms with Crippen LogP contribution in [0.2, 0.25) is 5.02 Å². The molecule has 0 aromatic carbocycles. The summed E-state index contributed by atoms with van der Waals surface area (Å²) in [4.78, 5) is 18.6. The molecule has 2 fully saturated rings. The number of nitrogens with zero attached hydrogens (tertiary/aromatic N) is 2. The minimum absolute atomic E-state index is 0.143. The average Bonchev–Trinajstić information content (AvgIpc) is 3.09. The molecule has 1 aliphatic carbocycles. The Labute approximate surface area is 142 Å². The van der Waals surface area contributed by atoms with Crippen molar-refractivity contribution < 1.29 is 9.53 Å². The van der Waals surface area contributed by atoms with Gasteiger partial charge in [-0.1, -0.05) is 11.6 Å². The second-order valence-corrected chi connectivity index (χ2v) is 8.15. The van der Waals surface area contributed by atoms with Gasteiger partial charge in [0.25, 0.3) is 0 Å². The van der Waals surface area contributed by atoms with Gasteiger partial charge in [0.15, 0.2) is 0 Å². The summed E-state index contributed by atoms with van der Waals surface area (Å²) < 4.78 is 5.57. The number of pyridine rings is 1. The van der Waals surface area contributed by atoms with Gasteiger partial charge in [-0.25, -0.2) is 9.78 Å². The zero-order chi connectivity index (χ0) is 16.7. The number of likely N-dealkylation sites (tertiary alicyclic amines) is 1. The molecule has 2 heterocycles. The van der Waals surface area contributed by atoms with E-state index >= 15 is 0 Å². The summed E-state index contributed by atoms with van der Waals surface area (Å²) in [5, 5.41) is 3.92. The van der Waals surface area contributed by atoms with E-state index in [9.17, 15) is 4.79 Å². The Bertz CT molecular complexity index is 578. The van der Waals surface area contributed by atoms with Crippen LogP contribution in [0.15, 0.2) is 18.3 Å². The smallest absolute Gasteiger partial charge is 0.410 e. The molecule has 1 saturated heterocycles. The Morgan fingerprint density at radius 2 is 2.22 bits per heavy atom. The van der Waals surface area contributed by atoms with E-state index in [0.29, 0.717) is 17.0 Å². The number of rotatable bonds is 3. The number of carbonyl (C=O) groups excluding carboxylic acids is 1. The standard InChI is InChI=1S/C17H24ClN3O2/c1-16(2,3)23-15(22)21-11-17(6-7-17)8-13(21)10-20-14-5-4-12(18)9-19-14/h4-5,9,13H,6-8,10-11H2,1-3H3,(H,19,20)/t13-/m0/s1. The van der Waals surface area contributed by atoms with E-state index < -0.39 is 5.60 Å². The number of carbonyl (C=O) groups is 1. The molecule has 126 valence electrons. The maximum absolute atomic E-state index is 12.5. The molecule has 1 aromatic rings. The van der Waals surface area contributed by atoms with Crippen molar-refractivity contribution >= 4 is 23.5 Å². The number of hydrogen-bond acceptors (Lipinski definition) is 4. The highest BCUT2D eigenvalue weighted by atomic mass is 35.5. The first-order valence-corrected chi connectivity index (χ1v) is 8.49. The molecular weight excluding hydrogens is 314 g/mol. The van der Waals surface area contributed by atoms with Crippen LogP contribution in [0.3, 0.4) is 0 Å². The van der Waals surface area contributed by atoms with Crippen LogP contribution in [0.1, 0.15) is 40.0 Å². The van der Waals surface area contributed by atoms with Crippen LogP contribution in [0.4, 0.5) is 10.6 Å². The first-order valence-electron chi connectivity index (χ1n) is 8.11. The number of ether oxygens (including phenoxy) is 1. The summed E-state index contributed by atoms with van der Waals surface area (Å²) in [7, 11) is 0. The van der Waals surface area contributed by atoms with Crippen molar-refractivity contribution in [3.05, 3.63) is 23.4 Å². The monoisotopic (exact) mass is 337 g/mol. The zero-order valence-corrected chi connectivity index (χ0v) is 14.7. The molecule has 1 atom stereocenters. The lowest BCUT2D eigenvalue weighted by molar-refractivity contribution is 0.0228. The third-order valence-corrected chi connectivity index (χ3v) is 4.67. The van der Waals surface area contributed by atoms with Crippen molar-refractivity contribution in [2.45, 2.75) is 51.7 Å². The van der Waals surface area contributed by atoms with Gasteiger partial charge in [0, 0.05) is 19.3 Å². The fourth-order valence-electron chi connectivity index (χ4n) is 3.12. The molecule has 0 unspecified atom stereocenters. The predicted molar refractivity (Wildman–Crippen MR) is 90.7 cm³/mol. The topological polar surface area (TPSA) is 54.5 Å². The van der Waals surface area contributed by atoms with Crippen molar-refractivity contribution in [2.75, 3.05) is 18.4 Å². The van der Waals surface area contributed by atoms with Crippen LogP contribution >= 0.6 is 11.6 Å². The summed E-state index contributed by atoms with van der Waals surface area (Å²) in [5.41, 5.74) is -0.136. The fraction of sp³-hybridized carbons (Fsp3) is 0.647. The van der Waals surface area contributed by atoms with Crippen LogP contribution in [0.5, 0.6) is 0 Å². The largest absolute Gasteiger partial charge is 0.444 e. The van der Waals surface area contributed by atoms with Crippen LogP contribution in [0, 0.1) is 5.41 Å². The minimum Gasteiger partial charge on any atom is -0.444 e. The molecule has 0 radical (unpaired) electrons. The van der Waals surface area contributed by atoms with Gasteiger partial charge < -0.3 is 15.0 Å². The highest BCUT2D eigenvalue weighted by Gasteiger charge is 2.53. The summed E-state index contributed by atoms with van der Waals surface area (Å²) in [5.74, 6) is 0.773. The Balaban J connectivity index is 1.63. The van der Waals surface area contributed by atoms with E-state index in [1.54, 1.807) is 12.3 Å². The van der Waals surface area contributed by atoms with Crippen LogP contribution < -0.4 is 5.32 Å². The Morgan fingerprint density at radius 1 is 1.48 bits per heavy atom. The number of hydrogen-bond donors (Lipinski definition) is 1. The van der Waals surface area contributed by atoms with Gasteiger partial charge in [0.1, 0.15) is 11.4 Å². The third-order valence-electron chi connectivity index (χ3n) is 4.45. The van der Waals surface area contributed by atoms with Gasteiger partial charge in [-0.05, 0) is 57.6 Å². The zero-order valence-electron chi connectivity index (χ0n) is 13.9. The van der Waals surface area contributed by atoms with Gasteiger partial charge in [-0.3, -0.25) is 0 Å². The normalized spacial score (nSPS) is 22.3. The van der Waals surface area contributed by atoms with Gasteiger partial charge in [0.2, 0.25) is 0 Å². The molecule has 0 bridgehead atoms. The molecule has 1 N–H and O–H groups in total. The van der Waals surface area contributed by atoms with Crippen molar-refractivity contribution in [1.82, 2.24) is 9.88 Å². The second kappa shape index (κ2) is 5.86. The molecule has 6 heteroatoms. The van der Waals surface area contributed by atoms with Crippen LogP contribution in [-0.2, 0) is 4.74 Å². The Kier molecular flexibility index (Phi) is 4.17. The van der Waals surface area contributed by atoms with Gasteiger partial charge >= 0.3 is 6.09 Å². The quantitative estimate of drug-likeness (QED) is 0.907. The molecule has 1 spiro atoms. The van der Waals surface area contributed by atoms with Crippen LogP contribution in [0.25, 0.3) is 0 Å². The number of anilines is 1. The Morgan fingerprint density at radius 3 is 2.78 bits per heavy atom. The van der Waals surface area contributed by atoms with Crippen molar-refractivity contribution in [3.8, 4) is 0 Å². The highest BCUT2D eigenvalue weighted by Crippen LogP contribution is 2.54. The third kappa shape index (κ3) is 4.08. The summed E-state index contributed by atoms with van der Waals surface area (Å²) in [6.07, 6.45) is 4.86. The molecule has 2 aliphatic rings. The lowest BCUT2D eigenvalue weighted by Gasteiger charge is -2.28. The second-order valence-electron chi connectivity index (χ2n) is 7.71. The molecule has 5 nitrogen and oxygen atoms in total. The average molecular weight is 338 g/mol. The SMILES string of the molecule is CC(C)(C)OC(=O)N1CC2(CC2)C[C@H]1CNc1ccc(Cl)cn1. The van der Waals surface area contributed by atoms with E-state index in [0.717, 1.165) is 18.8 Å². The lowest BCUT2D eigenvalue weighted by atomic mass is 10.0. The number of amides is 1. The predicted octanol–water partition coefficient (Wildman–Crippen LogP) is 3.94. The van der Waals surface area contributed by atoms with Gasteiger partial charge in [0.05, 0.1) is 11.1 Å². The fourth-order valence-corrected chi connectivity index (χ4v) is 3.24. The van der Waals surface area contributed by atoms with E-state index in [1.807, 2.05) is 31.7 Å². The molecular formula is C17H24ClN3O2. The molecule has 1 saturated carbocycles. The molecule has 1 aliphatic heterocycles. The maximum Gasteiger partial charge on any atom is 0.410 e. The summed E-state index contributed by atoms with van der Waals surface area (Å²) in [6.45, 7) is 7.19. The van der Waals surface area contributed by atoms with Crippen molar-refractivity contribution in [1.29, 1.82) is 0 Å². The summed E-state index contributed by atoms with van der Waals surface area (Å²) >= 11 is 5.85. The molecule has 23 heavy (non-hydrogen) atoms. The van der Waals surface area contributed by atoms with E-state index in [2.05, 4.69) is 10.3 Å². The highest BCUT2D eigenvalue weighted by molar-refractivity contribution is 6.30. The van der Waals surface area contributed by atoms with Crippen LogP contribution in [-0.4, -0.2) is 40.7 Å². The van der Waals surface area contributed by atoms with Crippen molar-refractivity contribution in [3.63, 3.8) is 0 Å². The van der Waals surface area contributed by atoms with E-state index in [-0.39, 0.29) is 12.1 Å². The Hall–Kier alpha value is -1.49. The number of aromatic nitrogens is 1. The molecule has 1 aromatic heterocycles. The van der Waals surface area contributed by atoms with Gasteiger partial charge in [-0.15, -0.1) is 0 Å². The maximum atomic E-state index is 12.5. The van der Waals surface area contributed by atoms with Crippen molar-refractivity contribution in [2.24, 2.45) is 5.41 Å². The number of halogens is 1. The molecule has 3 rings (SSSR count). The first kappa shape index (κ1) is 16.4. The van der Waals surface area contributed by atoms with Gasteiger partial charge in [-0.2, -0.15) is 0 Å². The van der Waals surface area contributed by atoms with E-state index in [4.69, 9.17) is 16.3 Å². The number of nitrogens with one attached hydrogen (secondary N) is 1. The first-order chi connectivity index (χ1) is 10.8. The molecule has 1 amide bonds.